The van der Waals surface area contributed by atoms with E-state index in [9.17, 15) is 14.7 Å². The van der Waals surface area contributed by atoms with Crippen LogP contribution in [0.3, 0.4) is 0 Å². The van der Waals surface area contributed by atoms with E-state index in [1.165, 1.54) is 14.2 Å². The number of morpholine rings is 1. The van der Waals surface area contributed by atoms with E-state index in [1.807, 2.05) is 24.3 Å². The summed E-state index contributed by atoms with van der Waals surface area (Å²) in [5.41, 5.74) is 2.39. The Kier molecular flexibility index (Phi) is 7.96. The molecule has 0 saturated carbocycles. The van der Waals surface area contributed by atoms with Gasteiger partial charge in [-0.3, -0.25) is 14.5 Å². The van der Waals surface area contributed by atoms with Gasteiger partial charge in [0.15, 0.2) is 11.5 Å². The van der Waals surface area contributed by atoms with Crippen molar-refractivity contribution in [3.05, 3.63) is 64.7 Å². The van der Waals surface area contributed by atoms with Crippen molar-refractivity contribution in [1.29, 1.82) is 0 Å². The molecule has 0 aliphatic carbocycles. The third-order valence-electron chi connectivity index (χ3n) is 6.88. The molecule has 1 atom stereocenters. The van der Waals surface area contributed by atoms with E-state index in [1.54, 1.807) is 23.1 Å². The first-order valence-corrected chi connectivity index (χ1v) is 12.3. The van der Waals surface area contributed by atoms with Crippen molar-refractivity contribution in [3.8, 4) is 11.5 Å². The van der Waals surface area contributed by atoms with Gasteiger partial charge in [-0.1, -0.05) is 38.1 Å². The Morgan fingerprint density at radius 2 is 1.67 bits per heavy atom. The molecule has 0 spiro atoms. The third-order valence-corrected chi connectivity index (χ3v) is 6.88. The molecule has 0 unspecified atom stereocenters. The molecule has 8 nitrogen and oxygen atoms in total. The van der Waals surface area contributed by atoms with Crippen LogP contribution < -0.4 is 9.47 Å². The van der Waals surface area contributed by atoms with Crippen LogP contribution in [-0.2, 0) is 14.3 Å². The number of ether oxygens (including phenoxy) is 3. The zero-order chi connectivity index (χ0) is 25.8. The fourth-order valence-corrected chi connectivity index (χ4v) is 4.73. The summed E-state index contributed by atoms with van der Waals surface area (Å²) < 4.78 is 16.1. The molecule has 2 aliphatic heterocycles. The first kappa shape index (κ1) is 25.7. The van der Waals surface area contributed by atoms with Crippen LogP contribution in [0.25, 0.3) is 5.76 Å². The SMILES string of the molecule is COc1ccc(/C(O)=C2\C(=O)C(=O)N(CCN3CCOCC3)[C@@H]2c2ccc(C(C)C)cc2)cc1OC. The van der Waals surface area contributed by atoms with E-state index in [0.717, 1.165) is 24.2 Å². The van der Waals surface area contributed by atoms with Gasteiger partial charge in [-0.05, 0) is 35.2 Å². The summed E-state index contributed by atoms with van der Waals surface area (Å²) in [4.78, 5) is 30.4. The molecule has 0 radical (unpaired) electrons. The normalized spacial score (nSPS) is 20.2. The Bertz CT molecular complexity index is 1140. The van der Waals surface area contributed by atoms with Crippen LogP contribution in [0, 0.1) is 0 Å². The van der Waals surface area contributed by atoms with Crippen molar-refractivity contribution in [3.63, 3.8) is 0 Å². The number of ketones is 1. The minimum Gasteiger partial charge on any atom is -0.507 e. The number of hydrogen-bond donors (Lipinski definition) is 1. The minimum atomic E-state index is -0.694. The van der Waals surface area contributed by atoms with Crippen LogP contribution in [0.2, 0.25) is 0 Å². The van der Waals surface area contributed by atoms with E-state index in [-0.39, 0.29) is 11.3 Å². The molecule has 2 saturated heterocycles. The van der Waals surface area contributed by atoms with Crippen LogP contribution >= 0.6 is 0 Å². The molecule has 2 aromatic rings. The van der Waals surface area contributed by atoms with Gasteiger partial charge < -0.3 is 24.2 Å². The zero-order valence-corrected chi connectivity index (χ0v) is 21.3. The lowest BCUT2D eigenvalue weighted by molar-refractivity contribution is -0.140. The van der Waals surface area contributed by atoms with Gasteiger partial charge in [0, 0.05) is 31.7 Å². The van der Waals surface area contributed by atoms with Crippen LogP contribution in [0.15, 0.2) is 48.0 Å². The Balaban J connectivity index is 1.76. The van der Waals surface area contributed by atoms with Gasteiger partial charge in [-0.2, -0.15) is 0 Å². The number of amides is 1. The fourth-order valence-electron chi connectivity index (χ4n) is 4.73. The van der Waals surface area contributed by atoms with Gasteiger partial charge in [0.1, 0.15) is 5.76 Å². The molecule has 2 heterocycles. The summed E-state index contributed by atoms with van der Waals surface area (Å²) in [6, 6.07) is 12.1. The molecule has 8 heteroatoms. The number of nitrogens with zero attached hydrogens (tertiary/aromatic N) is 2. The molecule has 2 fully saturated rings. The highest BCUT2D eigenvalue weighted by molar-refractivity contribution is 6.46. The first-order chi connectivity index (χ1) is 17.3. The molecule has 1 N–H and O–H groups in total. The number of methoxy groups -OCH3 is 2. The highest BCUT2D eigenvalue weighted by atomic mass is 16.5. The topological polar surface area (TPSA) is 88.5 Å². The minimum absolute atomic E-state index is 0.0755. The number of Topliss-reactive ketones (excluding diaryl/α,β-unsaturated/α-hetero) is 1. The number of benzene rings is 2. The summed E-state index contributed by atoms with van der Waals surface area (Å²) in [7, 11) is 3.03. The van der Waals surface area contributed by atoms with E-state index in [0.29, 0.717) is 49.3 Å². The largest absolute Gasteiger partial charge is 0.507 e. The molecule has 192 valence electrons. The van der Waals surface area contributed by atoms with Crippen molar-refractivity contribution >= 4 is 17.4 Å². The van der Waals surface area contributed by atoms with Crippen molar-refractivity contribution in [2.75, 3.05) is 53.6 Å². The van der Waals surface area contributed by atoms with Crippen molar-refractivity contribution in [2.24, 2.45) is 0 Å². The molecule has 1 amide bonds. The average Bonchev–Trinajstić information content (AvgIpc) is 3.16. The Labute approximate surface area is 212 Å². The van der Waals surface area contributed by atoms with Gasteiger partial charge in [-0.25, -0.2) is 0 Å². The predicted octanol–water partition coefficient (Wildman–Crippen LogP) is 3.58. The number of likely N-dealkylation sites (tertiary alicyclic amines) is 1. The van der Waals surface area contributed by atoms with Crippen molar-refractivity contribution in [1.82, 2.24) is 9.80 Å². The second-order valence-electron chi connectivity index (χ2n) is 9.34. The highest BCUT2D eigenvalue weighted by Crippen LogP contribution is 2.40. The maximum absolute atomic E-state index is 13.3. The molecule has 0 aromatic heterocycles. The lowest BCUT2D eigenvalue weighted by Crippen LogP contribution is -2.42. The number of aliphatic hydroxyl groups is 1. The Hall–Kier alpha value is -3.36. The standard InChI is InChI=1S/C28H34N2O6/c1-18(2)19-5-7-20(8-6-19)25-24(26(31)21-9-10-22(34-3)23(17-21)35-4)27(32)28(33)30(25)12-11-29-13-15-36-16-14-29/h5-10,17-18,25,31H,11-16H2,1-4H3/b26-24+/t25-/m1/s1. The average molecular weight is 495 g/mol. The summed E-state index contributed by atoms with van der Waals surface area (Å²) in [5.74, 6) is -0.271. The Morgan fingerprint density at radius 1 is 1.00 bits per heavy atom. The molecule has 36 heavy (non-hydrogen) atoms. The maximum atomic E-state index is 13.3. The Morgan fingerprint density at radius 3 is 2.28 bits per heavy atom. The number of rotatable bonds is 8. The summed E-state index contributed by atoms with van der Waals surface area (Å²) >= 11 is 0. The second kappa shape index (κ2) is 11.1. The molecule has 2 aliphatic rings. The van der Waals surface area contributed by atoms with Crippen LogP contribution in [-0.4, -0.2) is 80.2 Å². The number of aliphatic hydroxyl groups excluding tert-OH is 1. The predicted molar refractivity (Wildman–Crippen MR) is 136 cm³/mol. The summed E-state index contributed by atoms with van der Waals surface area (Å²) in [5, 5.41) is 11.4. The third kappa shape index (κ3) is 5.10. The number of hydrogen-bond acceptors (Lipinski definition) is 7. The number of carbonyl (C=O) groups is 2. The van der Waals surface area contributed by atoms with Gasteiger partial charge in [0.05, 0.1) is 39.0 Å². The summed E-state index contributed by atoms with van der Waals surface area (Å²) in [6.07, 6.45) is 0. The lowest BCUT2D eigenvalue weighted by atomic mass is 9.93. The quantitative estimate of drug-likeness (QED) is 0.341. The van der Waals surface area contributed by atoms with Gasteiger partial charge >= 0.3 is 0 Å². The van der Waals surface area contributed by atoms with Crippen LogP contribution in [0.5, 0.6) is 11.5 Å². The summed E-state index contributed by atoms with van der Waals surface area (Å²) in [6.45, 7) is 8.07. The monoisotopic (exact) mass is 494 g/mol. The smallest absolute Gasteiger partial charge is 0.295 e. The molecule has 2 aromatic carbocycles. The molecular formula is C28H34N2O6. The van der Waals surface area contributed by atoms with E-state index < -0.39 is 17.7 Å². The van der Waals surface area contributed by atoms with Crippen molar-refractivity contribution < 1.29 is 28.9 Å². The lowest BCUT2D eigenvalue weighted by Gasteiger charge is -2.31. The van der Waals surface area contributed by atoms with Crippen LogP contribution in [0.4, 0.5) is 0 Å². The van der Waals surface area contributed by atoms with Crippen molar-refractivity contribution in [2.45, 2.75) is 25.8 Å². The van der Waals surface area contributed by atoms with E-state index in [4.69, 9.17) is 14.2 Å². The zero-order valence-electron chi connectivity index (χ0n) is 21.3. The first-order valence-electron chi connectivity index (χ1n) is 12.3. The number of carbonyl (C=O) groups excluding carboxylic acids is 2. The fraction of sp³-hybridized carbons (Fsp3) is 0.429. The molecule has 4 rings (SSSR count). The molecular weight excluding hydrogens is 460 g/mol. The second-order valence-corrected chi connectivity index (χ2v) is 9.34. The van der Waals surface area contributed by atoms with E-state index >= 15 is 0 Å². The van der Waals surface area contributed by atoms with Gasteiger partial charge in [-0.15, -0.1) is 0 Å². The van der Waals surface area contributed by atoms with Gasteiger partial charge in [0.2, 0.25) is 0 Å². The van der Waals surface area contributed by atoms with Crippen LogP contribution in [0.1, 0.15) is 42.5 Å². The maximum Gasteiger partial charge on any atom is 0.295 e. The highest BCUT2D eigenvalue weighted by Gasteiger charge is 2.46. The van der Waals surface area contributed by atoms with E-state index in [2.05, 4.69) is 18.7 Å². The van der Waals surface area contributed by atoms with Gasteiger partial charge in [0.25, 0.3) is 11.7 Å². The molecule has 0 bridgehead atoms.